The van der Waals surface area contributed by atoms with Crippen LogP contribution >= 0.6 is 0 Å². The van der Waals surface area contributed by atoms with E-state index in [1.165, 1.54) is 4.31 Å². The van der Waals surface area contributed by atoms with E-state index in [-0.39, 0.29) is 12.5 Å². The molecule has 24 heavy (non-hydrogen) atoms. The molecule has 1 saturated heterocycles. The van der Waals surface area contributed by atoms with E-state index in [0.717, 1.165) is 16.0 Å². The number of hydrogen-bond acceptors (Lipinski definition) is 3. The van der Waals surface area contributed by atoms with Crippen LogP contribution in [0.4, 0.5) is 0 Å². The summed E-state index contributed by atoms with van der Waals surface area (Å²) in [6, 6.07) is 5.37. The minimum Gasteiger partial charge on any atom is -0.340 e. The highest BCUT2D eigenvalue weighted by Gasteiger charge is 2.31. The fourth-order valence-electron chi connectivity index (χ4n) is 2.89. The number of aryl methyl sites for hydroxylation is 2. The Morgan fingerprint density at radius 2 is 2.00 bits per heavy atom. The molecule has 130 valence electrons. The SMILES string of the molecule is C#CCNC(=O)C[NH+]1CCN(S(=O)(=O)c2ccc(C)cc2C)CC1. The summed E-state index contributed by atoms with van der Waals surface area (Å²) in [4.78, 5) is 13.1. The van der Waals surface area contributed by atoms with Crippen molar-refractivity contribution >= 4 is 15.9 Å². The Hall–Kier alpha value is -1.88. The molecule has 0 aromatic heterocycles. The summed E-state index contributed by atoms with van der Waals surface area (Å²) in [5.41, 5.74) is 1.80. The van der Waals surface area contributed by atoms with Gasteiger partial charge in [0.15, 0.2) is 6.54 Å². The molecule has 1 fully saturated rings. The zero-order valence-corrected chi connectivity index (χ0v) is 14.9. The van der Waals surface area contributed by atoms with Crippen molar-refractivity contribution in [3.05, 3.63) is 29.3 Å². The normalized spacial score (nSPS) is 16.5. The topological polar surface area (TPSA) is 70.9 Å². The molecule has 0 saturated carbocycles. The van der Waals surface area contributed by atoms with Gasteiger partial charge in [0.2, 0.25) is 10.0 Å². The molecule has 2 rings (SSSR count). The fraction of sp³-hybridized carbons (Fsp3) is 0.471. The average molecular weight is 350 g/mol. The molecule has 0 radical (unpaired) electrons. The molecule has 1 aromatic carbocycles. The highest BCUT2D eigenvalue weighted by Crippen LogP contribution is 2.20. The van der Waals surface area contributed by atoms with E-state index in [4.69, 9.17) is 6.42 Å². The van der Waals surface area contributed by atoms with Crippen LogP contribution in [0.15, 0.2) is 23.1 Å². The molecule has 0 spiro atoms. The predicted octanol–water partition coefficient (Wildman–Crippen LogP) is -1.06. The summed E-state index contributed by atoms with van der Waals surface area (Å²) in [6.07, 6.45) is 5.11. The van der Waals surface area contributed by atoms with Crippen LogP contribution in [0, 0.1) is 26.2 Å². The Kier molecular flexibility index (Phi) is 5.99. The van der Waals surface area contributed by atoms with E-state index in [0.29, 0.717) is 37.6 Å². The number of nitrogens with one attached hydrogen (secondary N) is 2. The number of carbonyl (C=O) groups excluding carboxylic acids is 1. The highest BCUT2D eigenvalue weighted by atomic mass is 32.2. The summed E-state index contributed by atoms with van der Waals surface area (Å²) in [5.74, 6) is 2.26. The summed E-state index contributed by atoms with van der Waals surface area (Å²) >= 11 is 0. The number of piperazine rings is 1. The molecule has 7 heteroatoms. The quantitative estimate of drug-likeness (QED) is 0.665. The third-order valence-corrected chi connectivity index (χ3v) is 6.23. The molecule has 2 N–H and O–H groups in total. The Balaban J connectivity index is 1.98. The number of hydrogen-bond donors (Lipinski definition) is 2. The maximum absolute atomic E-state index is 12.8. The number of nitrogens with zero attached hydrogens (tertiary/aromatic N) is 1. The Labute approximate surface area is 143 Å². The first kappa shape index (κ1) is 18.5. The van der Waals surface area contributed by atoms with Gasteiger partial charge >= 0.3 is 0 Å². The van der Waals surface area contributed by atoms with Crippen molar-refractivity contribution in [2.75, 3.05) is 39.3 Å². The molecule has 0 unspecified atom stereocenters. The summed E-state index contributed by atoms with van der Waals surface area (Å²) in [5, 5.41) is 2.63. The van der Waals surface area contributed by atoms with E-state index < -0.39 is 10.0 Å². The van der Waals surface area contributed by atoms with Crippen molar-refractivity contribution in [1.82, 2.24) is 9.62 Å². The van der Waals surface area contributed by atoms with Crippen LogP contribution in [-0.4, -0.2) is 57.9 Å². The van der Waals surface area contributed by atoms with Crippen LogP contribution in [0.2, 0.25) is 0 Å². The van der Waals surface area contributed by atoms with Crippen molar-refractivity contribution in [3.63, 3.8) is 0 Å². The second-order valence-corrected chi connectivity index (χ2v) is 7.99. The minimum absolute atomic E-state index is 0.103. The first-order valence-corrected chi connectivity index (χ1v) is 9.39. The van der Waals surface area contributed by atoms with Crippen LogP contribution in [0.25, 0.3) is 0 Å². The van der Waals surface area contributed by atoms with Gasteiger partial charge in [-0.25, -0.2) is 8.42 Å². The molecule has 0 atom stereocenters. The van der Waals surface area contributed by atoms with Gasteiger partial charge in [0.05, 0.1) is 37.6 Å². The number of carbonyl (C=O) groups is 1. The number of sulfonamides is 1. The maximum atomic E-state index is 12.8. The molecule has 1 aliphatic rings. The van der Waals surface area contributed by atoms with Crippen molar-refractivity contribution in [2.24, 2.45) is 0 Å². The summed E-state index contributed by atoms with van der Waals surface area (Å²) in [7, 11) is -3.48. The van der Waals surface area contributed by atoms with E-state index in [2.05, 4.69) is 11.2 Å². The van der Waals surface area contributed by atoms with Crippen LogP contribution in [0.3, 0.4) is 0 Å². The predicted molar refractivity (Wildman–Crippen MR) is 92.1 cm³/mol. The van der Waals surface area contributed by atoms with Gasteiger partial charge in [0.1, 0.15) is 0 Å². The number of amides is 1. The highest BCUT2D eigenvalue weighted by molar-refractivity contribution is 7.89. The lowest BCUT2D eigenvalue weighted by Crippen LogP contribution is -3.15. The number of terminal acetylenes is 1. The lowest BCUT2D eigenvalue weighted by Gasteiger charge is -2.31. The molecule has 6 nitrogen and oxygen atoms in total. The monoisotopic (exact) mass is 350 g/mol. The second kappa shape index (κ2) is 7.79. The Morgan fingerprint density at radius 1 is 1.33 bits per heavy atom. The van der Waals surface area contributed by atoms with Gasteiger partial charge in [-0.3, -0.25) is 4.79 Å². The molecular formula is C17H24N3O3S+. The van der Waals surface area contributed by atoms with Crippen molar-refractivity contribution in [3.8, 4) is 12.3 Å². The largest absolute Gasteiger partial charge is 0.340 e. The third-order valence-electron chi connectivity index (χ3n) is 4.18. The standard InChI is InChI=1S/C17H23N3O3S/c1-4-7-18-17(21)13-19-8-10-20(11-9-19)24(22,23)16-6-5-14(2)12-15(16)3/h1,5-6,12H,7-11,13H2,2-3H3,(H,18,21)/p+1. The zero-order valence-electron chi connectivity index (χ0n) is 14.1. The number of benzene rings is 1. The Bertz CT molecular complexity index is 745. The number of rotatable bonds is 5. The second-order valence-electron chi connectivity index (χ2n) is 6.08. The fourth-order valence-corrected chi connectivity index (χ4v) is 4.53. The average Bonchev–Trinajstić information content (AvgIpc) is 2.53. The van der Waals surface area contributed by atoms with E-state index >= 15 is 0 Å². The lowest BCUT2D eigenvalue weighted by molar-refractivity contribution is -0.895. The lowest BCUT2D eigenvalue weighted by atomic mass is 10.2. The van der Waals surface area contributed by atoms with Gasteiger partial charge < -0.3 is 10.2 Å². The van der Waals surface area contributed by atoms with Gasteiger partial charge in [-0.05, 0) is 25.5 Å². The van der Waals surface area contributed by atoms with E-state index in [1.807, 2.05) is 26.0 Å². The molecule has 1 amide bonds. The molecular weight excluding hydrogens is 326 g/mol. The summed E-state index contributed by atoms with van der Waals surface area (Å²) in [6.45, 7) is 6.33. The smallest absolute Gasteiger partial charge is 0.275 e. The first-order chi connectivity index (χ1) is 11.3. The van der Waals surface area contributed by atoms with Crippen molar-refractivity contribution in [2.45, 2.75) is 18.7 Å². The third kappa shape index (κ3) is 4.35. The van der Waals surface area contributed by atoms with E-state index in [9.17, 15) is 13.2 Å². The first-order valence-electron chi connectivity index (χ1n) is 7.95. The molecule has 0 bridgehead atoms. The van der Waals surface area contributed by atoms with Crippen molar-refractivity contribution in [1.29, 1.82) is 0 Å². The van der Waals surface area contributed by atoms with Crippen LogP contribution in [0.1, 0.15) is 11.1 Å². The molecule has 1 aliphatic heterocycles. The van der Waals surface area contributed by atoms with Crippen LogP contribution < -0.4 is 10.2 Å². The van der Waals surface area contributed by atoms with Crippen LogP contribution in [-0.2, 0) is 14.8 Å². The van der Waals surface area contributed by atoms with Gasteiger partial charge in [-0.2, -0.15) is 4.31 Å². The van der Waals surface area contributed by atoms with Gasteiger partial charge in [0, 0.05) is 0 Å². The van der Waals surface area contributed by atoms with Gasteiger partial charge in [-0.1, -0.05) is 23.6 Å². The van der Waals surface area contributed by atoms with Crippen molar-refractivity contribution < 1.29 is 18.1 Å². The maximum Gasteiger partial charge on any atom is 0.275 e. The number of quaternary nitrogens is 1. The van der Waals surface area contributed by atoms with E-state index in [1.54, 1.807) is 6.07 Å². The zero-order chi connectivity index (χ0) is 17.7. The van der Waals surface area contributed by atoms with Gasteiger partial charge in [-0.15, -0.1) is 6.42 Å². The minimum atomic E-state index is -3.48. The molecule has 1 heterocycles. The summed E-state index contributed by atoms with van der Waals surface area (Å²) < 4.78 is 27.1. The van der Waals surface area contributed by atoms with Crippen LogP contribution in [0.5, 0.6) is 0 Å². The van der Waals surface area contributed by atoms with Gasteiger partial charge in [0.25, 0.3) is 5.91 Å². The molecule has 0 aliphatic carbocycles. The molecule has 1 aromatic rings. The Morgan fingerprint density at radius 3 is 2.58 bits per heavy atom.